The van der Waals surface area contributed by atoms with Crippen molar-refractivity contribution in [3.63, 3.8) is 0 Å². The van der Waals surface area contributed by atoms with Gasteiger partial charge in [0.05, 0.1) is 13.2 Å². The number of benzene rings is 2. The predicted octanol–water partition coefficient (Wildman–Crippen LogP) is -2.37. The van der Waals surface area contributed by atoms with Crippen molar-refractivity contribution in [3.8, 4) is 11.5 Å². The van der Waals surface area contributed by atoms with Gasteiger partial charge >= 0.3 is 0 Å². The number of aliphatic hydroxyl groups is 8. The van der Waals surface area contributed by atoms with Crippen molar-refractivity contribution < 1.29 is 59.8 Å². The Morgan fingerprint density at radius 1 is 0.514 bits per heavy atom. The van der Waals surface area contributed by atoms with E-state index in [4.69, 9.17) is 18.9 Å². The average Bonchev–Trinajstić information content (AvgIpc) is 2.91. The second-order valence-corrected chi connectivity index (χ2v) is 9.09. The highest BCUT2D eigenvalue weighted by molar-refractivity contribution is 5.34. The Morgan fingerprint density at radius 2 is 0.865 bits per heavy atom. The van der Waals surface area contributed by atoms with E-state index < -0.39 is 74.6 Å². The fourth-order valence-electron chi connectivity index (χ4n) is 4.21. The summed E-state index contributed by atoms with van der Waals surface area (Å²) in [6.45, 7) is -1.09. The zero-order valence-corrected chi connectivity index (χ0v) is 19.7. The summed E-state index contributed by atoms with van der Waals surface area (Å²) >= 11 is 0. The van der Waals surface area contributed by atoms with Crippen LogP contribution in [0.3, 0.4) is 0 Å². The molecule has 8 N–H and O–H groups in total. The van der Waals surface area contributed by atoms with E-state index in [2.05, 4.69) is 0 Å². The van der Waals surface area contributed by atoms with E-state index in [-0.39, 0.29) is 0 Å². The van der Waals surface area contributed by atoms with Gasteiger partial charge in [-0.05, 0) is 41.8 Å². The molecule has 2 heterocycles. The average molecular weight is 525 g/mol. The quantitative estimate of drug-likeness (QED) is 0.183. The molecule has 2 aliphatic rings. The van der Waals surface area contributed by atoms with Gasteiger partial charge in [-0.1, -0.05) is 24.3 Å². The highest BCUT2D eigenvalue weighted by Crippen LogP contribution is 2.27. The van der Waals surface area contributed by atoms with Crippen LogP contribution in [0, 0.1) is 0 Å². The Morgan fingerprint density at radius 3 is 1.19 bits per heavy atom. The van der Waals surface area contributed by atoms with Gasteiger partial charge in [0, 0.05) is 0 Å². The molecule has 37 heavy (non-hydrogen) atoms. The molecule has 204 valence electrons. The van der Waals surface area contributed by atoms with Gasteiger partial charge in [-0.2, -0.15) is 0 Å². The maximum Gasteiger partial charge on any atom is 0.229 e. The maximum atomic E-state index is 10.1. The van der Waals surface area contributed by atoms with Crippen LogP contribution in [0.15, 0.2) is 48.5 Å². The lowest BCUT2D eigenvalue weighted by Gasteiger charge is -2.39. The molecule has 0 saturated carbocycles. The Hall–Kier alpha value is -2.36. The van der Waals surface area contributed by atoms with Crippen LogP contribution in [-0.4, -0.2) is 115 Å². The first-order valence-electron chi connectivity index (χ1n) is 11.8. The summed E-state index contributed by atoms with van der Waals surface area (Å²) in [5, 5.41) is 78.3. The third-order valence-electron chi connectivity index (χ3n) is 6.46. The largest absolute Gasteiger partial charge is 0.462 e. The Kier molecular flexibility index (Phi) is 8.98. The Labute approximate surface area is 212 Å². The second kappa shape index (κ2) is 12.0. The number of hydrogen-bond acceptors (Lipinski definition) is 12. The lowest BCUT2D eigenvalue weighted by atomic mass is 9.99. The van der Waals surface area contributed by atoms with Gasteiger partial charge in [-0.15, -0.1) is 0 Å². The summed E-state index contributed by atoms with van der Waals surface area (Å²) in [4.78, 5) is 0. The van der Waals surface area contributed by atoms with Gasteiger partial charge in [0.25, 0.3) is 0 Å². The lowest BCUT2D eigenvalue weighted by molar-refractivity contribution is -0.277. The van der Waals surface area contributed by atoms with Gasteiger partial charge in [0.15, 0.2) is 0 Å². The van der Waals surface area contributed by atoms with Gasteiger partial charge in [-0.3, -0.25) is 0 Å². The SMILES string of the molecule is OC[C@H]1O[C@H](Oc2ccc(Cc3ccc(O[C@H]4O[C@H](CO)[C@@H](O)[C@H](O)[C@@H]4O)cc3)cc2)[C@@H](O)[C@@H](O)[C@@H]1O. The molecule has 0 bridgehead atoms. The van der Waals surface area contributed by atoms with Gasteiger partial charge in [0.2, 0.25) is 12.6 Å². The van der Waals surface area contributed by atoms with Crippen molar-refractivity contribution in [1.29, 1.82) is 0 Å². The molecule has 0 amide bonds. The molecular formula is C25H32O12. The van der Waals surface area contributed by atoms with Crippen LogP contribution in [-0.2, 0) is 15.9 Å². The van der Waals surface area contributed by atoms with Crippen LogP contribution in [0.2, 0.25) is 0 Å². The lowest BCUT2D eigenvalue weighted by Crippen LogP contribution is -2.60. The number of hydrogen-bond donors (Lipinski definition) is 8. The minimum absolute atomic E-state index is 0.358. The predicted molar refractivity (Wildman–Crippen MR) is 124 cm³/mol. The Balaban J connectivity index is 1.33. The second-order valence-electron chi connectivity index (χ2n) is 9.09. The molecule has 0 aliphatic carbocycles. The normalized spacial score (nSPS) is 36.2. The van der Waals surface area contributed by atoms with E-state index in [1.54, 1.807) is 48.5 Å². The molecule has 2 aliphatic heterocycles. The van der Waals surface area contributed by atoms with Crippen LogP contribution < -0.4 is 9.47 Å². The van der Waals surface area contributed by atoms with Crippen LogP contribution in [0.5, 0.6) is 11.5 Å². The molecule has 2 aromatic rings. The zero-order chi connectivity index (χ0) is 26.7. The monoisotopic (exact) mass is 524 g/mol. The minimum atomic E-state index is -1.53. The molecule has 10 atom stereocenters. The van der Waals surface area contributed by atoms with E-state index in [1.807, 2.05) is 0 Å². The highest BCUT2D eigenvalue weighted by atomic mass is 16.7. The Bertz CT molecular complexity index is 903. The first-order chi connectivity index (χ1) is 17.7. The molecule has 12 heteroatoms. The maximum absolute atomic E-state index is 10.1. The third-order valence-corrected chi connectivity index (χ3v) is 6.46. The van der Waals surface area contributed by atoms with E-state index in [9.17, 15) is 40.9 Å². The van der Waals surface area contributed by atoms with Gasteiger partial charge in [0.1, 0.15) is 60.3 Å². The first kappa shape index (κ1) is 27.7. The zero-order valence-electron chi connectivity index (χ0n) is 19.7. The number of aliphatic hydroxyl groups excluding tert-OH is 8. The van der Waals surface area contributed by atoms with Gasteiger partial charge < -0.3 is 59.8 Å². The molecule has 2 fully saturated rings. The van der Waals surface area contributed by atoms with Crippen molar-refractivity contribution in [3.05, 3.63) is 59.7 Å². The van der Waals surface area contributed by atoms with Crippen molar-refractivity contribution in [2.45, 2.75) is 67.8 Å². The molecule has 0 radical (unpaired) electrons. The van der Waals surface area contributed by atoms with E-state index in [1.165, 1.54) is 0 Å². The standard InChI is InChI=1S/C25H32O12/c26-10-16-18(28)20(30)22(32)24(36-16)34-14-5-1-12(2-6-14)9-13-3-7-15(8-4-13)35-25-23(33)21(31)19(29)17(11-27)37-25/h1-8,16-33H,9-11H2/t16-,17-,18-,19-,20+,21+,22+,23+,24+,25+/m1/s1. The highest BCUT2D eigenvalue weighted by Gasteiger charge is 2.45. The van der Waals surface area contributed by atoms with E-state index in [0.717, 1.165) is 11.1 Å². The third kappa shape index (κ3) is 6.21. The molecule has 0 unspecified atom stereocenters. The summed E-state index contributed by atoms with van der Waals surface area (Å²) in [7, 11) is 0. The molecule has 4 rings (SSSR count). The van der Waals surface area contributed by atoms with Crippen molar-refractivity contribution in [2.24, 2.45) is 0 Å². The van der Waals surface area contributed by atoms with Crippen molar-refractivity contribution in [2.75, 3.05) is 13.2 Å². The summed E-state index contributed by atoms with van der Waals surface area (Å²) in [6.07, 6.45) is -13.1. The molecular weight excluding hydrogens is 492 g/mol. The summed E-state index contributed by atoms with van der Waals surface area (Å²) in [5.41, 5.74) is 1.87. The summed E-state index contributed by atoms with van der Waals surface area (Å²) in [5.74, 6) is 0.715. The van der Waals surface area contributed by atoms with Crippen molar-refractivity contribution >= 4 is 0 Å². The molecule has 12 nitrogen and oxygen atoms in total. The van der Waals surface area contributed by atoms with Crippen LogP contribution in [0.1, 0.15) is 11.1 Å². The molecule has 2 saturated heterocycles. The summed E-state index contributed by atoms with van der Waals surface area (Å²) in [6, 6.07) is 13.9. The smallest absolute Gasteiger partial charge is 0.229 e. The topological polar surface area (TPSA) is 199 Å². The van der Waals surface area contributed by atoms with Gasteiger partial charge in [-0.25, -0.2) is 0 Å². The molecule has 2 aromatic carbocycles. The fourth-order valence-corrected chi connectivity index (χ4v) is 4.21. The minimum Gasteiger partial charge on any atom is -0.462 e. The molecule has 0 aromatic heterocycles. The van der Waals surface area contributed by atoms with Crippen LogP contribution in [0.25, 0.3) is 0 Å². The fraction of sp³-hybridized carbons (Fsp3) is 0.520. The van der Waals surface area contributed by atoms with E-state index in [0.29, 0.717) is 17.9 Å². The number of rotatable bonds is 8. The first-order valence-corrected chi connectivity index (χ1v) is 11.8. The van der Waals surface area contributed by atoms with E-state index >= 15 is 0 Å². The van der Waals surface area contributed by atoms with Crippen molar-refractivity contribution in [1.82, 2.24) is 0 Å². The van der Waals surface area contributed by atoms with Crippen LogP contribution >= 0.6 is 0 Å². The van der Waals surface area contributed by atoms with Crippen LogP contribution in [0.4, 0.5) is 0 Å². The number of ether oxygens (including phenoxy) is 4. The molecule has 0 spiro atoms. The summed E-state index contributed by atoms with van der Waals surface area (Å²) < 4.78 is 21.9.